The van der Waals surface area contributed by atoms with E-state index in [9.17, 15) is 13.2 Å². The number of nitrogens with two attached hydrogens (primary N) is 2. The Kier molecular flexibility index (Phi) is 3.45. The molecule has 0 saturated heterocycles. The molecule has 0 aliphatic heterocycles. The van der Waals surface area contributed by atoms with Gasteiger partial charge in [0.1, 0.15) is 0 Å². The van der Waals surface area contributed by atoms with E-state index in [-0.39, 0.29) is 17.1 Å². The van der Waals surface area contributed by atoms with Gasteiger partial charge in [0.25, 0.3) is 0 Å². The summed E-state index contributed by atoms with van der Waals surface area (Å²) in [4.78, 5) is 0. The monoisotopic (exact) mass is 320 g/mol. The summed E-state index contributed by atoms with van der Waals surface area (Å²) in [6, 6.07) is 9.57. The van der Waals surface area contributed by atoms with Crippen molar-refractivity contribution in [3.63, 3.8) is 0 Å². The second-order valence-corrected chi connectivity index (χ2v) is 6.82. The maximum atomic E-state index is 12.9. The van der Waals surface area contributed by atoms with Gasteiger partial charge in [-0.05, 0) is 46.2 Å². The van der Waals surface area contributed by atoms with E-state index >= 15 is 0 Å². The SMILES string of the molecule is CC1(C)Cc2cccc(-c3ccc(C(F)(F)F)c(N)c3)c2C1N. The molecule has 1 atom stereocenters. The number of benzene rings is 2. The van der Waals surface area contributed by atoms with Gasteiger partial charge >= 0.3 is 6.18 Å². The molecule has 0 radical (unpaired) electrons. The molecule has 0 amide bonds. The van der Waals surface area contributed by atoms with E-state index < -0.39 is 11.7 Å². The van der Waals surface area contributed by atoms with Crippen LogP contribution in [0.15, 0.2) is 36.4 Å². The molecule has 0 bridgehead atoms. The summed E-state index contributed by atoms with van der Waals surface area (Å²) < 4.78 is 38.6. The van der Waals surface area contributed by atoms with E-state index in [1.54, 1.807) is 0 Å². The average Bonchev–Trinajstić information content (AvgIpc) is 2.67. The van der Waals surface area contributed by atoms with E-state index in [1.165, 1.54) is 12.1 Å². The van der Waals surface area contributed by atoms with Gasteiger partial charge in [0.15, 0.2) is 0 Å². The molecule has 4 N–H and O–H groups in total. The fraction of sp³-hybridized carbons (Fsp3) is 0.333. The Hall–Kier alpha value is -2.01. The molecule has 2 nitrogen and oxygen atoms in total. The lowest BCUT2D eigenvalue weighted by molar-refractivity contribution is -0.136. The molecule has 0 fully saturated rings. The van der Waals surface area contributed by atoms with Crippen LogP contribution in [0.3, 0.4) is 0 Å². The molecule has 5 heteroatoms. The summed E-state index contributed by atoms with van der Waals surface area (Å²) in [6.45, 7) is 4.20. The molecule has 1 unspecified atom stereocenters. The summed E-state index contributed by atoms with van der Waals surface area (Å²) in [7, 11) is 0. The first kappa shape index (κ1) is 15.9. The Morgan fingerprint density at radius 1 is 1.13 bits per heavy atom. The number of hydrogen-bond acceptors (Lipinski definition) is 2. The molecule has 1 aliphatic rings. The van der Waals surface area contributed by atoms with Crippen molar-refractivity contribution in [3.05, 3.63) is 53.1 Å². The van der Waals surface area contributed by atoms with E-state index in [0.29, 0.717) is 5.56 Å². The summed E-state index contributed by atoms with van der Waals surface area (Å²) >= 11 is 0. The first-order valence-corrected chi connectivity index (χ1v) is 7.46. The van der Waals surface area contributed by atoms with Crippen molar-refractivity contribution in [1.82, 2.24) is 0 Å². The van der Waals surface area contributed by atoms with E-state index in [0.717, 1.165) is 29.2 Å². The molecule has 2 aromatic rings. The fourth-order valence-electron chi connectivity index (χ4n) is 3.37. The third kappa shape index (κ3) is 2.59. The maximum absolute atomic E-state index is 12.9. The van der Waals surface area contributed by atoms with Crippen LogP contribution in [0.1, 0.15) is 36.6 Å². The zero-order chi connectivity index (χ0) is 17.0. The maximum Gasteiger partial charge on any atom is 0.418 e. The predicted octanol–water partition coefficient (Wildman–Crippen LogP) is 4.54. The van der Waals surface area contributed by atoms with Gasteiger partial charge in [-0.1, -0.05) is 38.1 Å². The number of halogens is 3. The molecule has 0 aromatic heterocycles. The highest BCUT2D eigenvalue weighted by Gasteiger charge is 2.38. The van der Waals surface area contributed by atoms with Crippen LogP contribution in [-0.4, -0.2) is 0 Å². The van der Waals surface area contributed by atoms with Gasteiger partial charge < -0.3 is 11.5 Å². The molecule has 122 valence electrons. The standard InChI is InChI=1S/C18H19F3N2/c1-17(2)9-11-4-3-5-12(15(11)16(17)23)10-6-7-13(14(22)8-10)18(19,20)21/h3-8,16H,9,22-23H2,1-2H3. The number of fused-ring (bicyclic) bond motifs is 1. The Bertz CT molecular complexity index is 763. The highest BCUT2D eigenvalue weighted by molar-refractivity contribution is 5.74. The first-order chi connectivity index (χ1) is 10.6. The number of hydrogen-bond donors (Lipinski definition) is 2. The molecule has 23 heavy (non-hydrogen) atoms. The fourth-order valence-corrected chi connectivity index (χ4v) is 3.37. The largest absolute Gasteiger partial charge is 0.418 e. The van der Waals surface area contributed by atoms with Crippen LogP contribution in [0, 0.1) is 5.41 Å². The summed E-state index contributed by atoms with van der Waals surface area (Å²) in [5.41, 5.74) is 14.6. The van der Waals surface area contributed by atoms with Gasteiger partial charge in [-0.2, -0.15) is 13.2 Å². The van der Waals surface area contributed by atoms with Crippen molar-refractivity contribution in [2.45, 2.75) is 32.5 Å². The quantitative estimate of drug-likeness (QED) is 0.758. The normalized spacial score (nSPS) is 19.7. The zero-order valence-electron chi connectivity index (χ0n) is 13.0. The highest BCUT2D eigenvalue weighted by atomic mass is 19.4. The second-order valence-electron chi connectivity index (χ2n) is 6.82. The highest BCUT2D eigenvalue weighted by Crippen LogP contribution is 2.47. The van der Waals surface area contributed by atoms with Gasteiger partial charge in [0, 0.05) is 11.7 Å². The van der Waals surface area contributed by atoms with Crippen molar-refractivity contribution in [2.24, 2.45) is 11.1 Å². The van der Waals surface area contributed by atoms with E-state index in [4.69, 9.17) is 11.5 Å². The van der Waals surface area contributed by atoms with Gasteiger partial charge in [-0.3, -0.25) is 0 Å². The molecular weight excluding hydrogens is 301 g/mol. The van der Waals surface area contributed by atoms with E-state index in [2.05, 4.69) is 13.8 Å². The van der Waals surface area contributed by atoms with Gasteiger partial charge in [0.05, 0.1) is 5.56 Å². The number of alkyl halides is 3. The van der Waals surface area contributed by atoms with Crippen molar-refractivity contribution in [1.29, 1.82) is 0 Å². The summed E-state index contributed by atoms with van der Waals surface area (Å²) in [5.74, 6) is 0. The van der Waals surface area contributed by atoms with Crippen molar-refractivity contribution in [2.75, 3.05) is 5.73 Å². The van der Waals surface area contributed by atoms with Crippen molar-refractivity contribution in [3.8, 4) is 11.1 Å². The van der Waals surface area contributed by atoms with Crippen LogP contribution in [-0.2, 0) is 12.6 Å². The molecule has 0 saturated carbocycles. The van der Waals surface area contributed by atoms with Crippen LogP contribution in [0.25, 0.3) is 11.1 Å². The summed E-state index contributed by atoms with van der Waals surface area (Å²) in [5, 5.41) is 0. The van der Waals surface area contributed by atoms with Gasteiger partial charge in [-0.25, -0.2) is 0 Å². The van der Waals surface area contributed by atoms with Crippen LogP contribution < -0.4 is 11.5 Å². The topological polar surface area (TPSA) is 52.0 Å². The second kappa shape index (κ2) is 4.99. The Labute approximate surface area is 133 Å². The Balaban J connectivity index is 2.13. The smallest absolute Gasteiger partial charge is 0.398 e. The minimum absolute atomic E-state index is 0.0735. The lowest BCUT2D eigenvalue weighted by Gasteiger charge is -2.24. The number of rotatable bonds is 1. The number of nitrogen functional groups attached to an aromatic ring is 1. The summed E-state index contributed by atoms with van der Waals surface area (Å²) in [6.07, 6.45) is -3.59. The molecular formula is C18H19F3N2. The third-order valence-corrected chi connectivity index (χ3v) is 4.66. The third-order valence-electron chi connectivity index (χ3n) is 4.66. The molecule has 0 spiro atoms. The number of anilines is 1. The van der Waals surface area contributed by atoms with Crippen molar-refractivity contribution < 1.29 is 13.2 Å². The predicted molar refractivity (Wildman–Crippen MR) is 85.7 cm³/mol. The minimum Gasteiger partial charge on any atom is -0.398 e. The minimum atomic E-state index is -4.44. The van der Waals surface area contributed by atoms with E-state index in [1.807, 2.05) is 18.2 Å². The lowest BCUT2D eigenvalue weighted by atomic mass is 9.84. The molecule has 3 rings (SSSR count). The lowest BCUT2D eigenvalue weighted by Crippen LogP contribution is -2.25. The molecule has 2 aromatic carbocycles. The average molecular weight is 320 g/mol. The van der Waals surface area contributed by atoms with Gasteiger partial charge in [-0.15, -0.1) is 0 Å². The Morgan fingerprint density at radius 3 is 2.43 bits per heavy atom. The van der Waals surface area contributed by atoms with Crippen LogP contribution in [0.4, 0.5) is 18.9 Å². The van der Waals surface area contributed by atoms with Crippen molar-refractivity contribution >= 4 is 5.69 Å². The van der Waals surface area contributed by atoms with Crippen LogP contribution >= 0.6 is 0 Å². The zero-order valence-corrected chi connectivity index (χ0v) is 13.0. The van der Waals surface area contributed by atoms with Gasteiger partial charge in [0.2, 0.25) is 0 Å². The first-order valence-electron chi connectivity index (χ1n) is 7.46. The Morgan fingerprint density at radius 2 is 1.83 bits per heavy atom. The molecule has 0 heterocycles. The molecule has 1 aliphatic carbocycles. The van der Waals surface area contributed by atoms with Crippen LogP contribution in [0.5, 0.6) is 0 Å². The van der Waals surface area contributed by atoms with Crippen LogP contribution in [0.2, 0.25) is 0 Å².